The SMILES string of the molecule is Cc1cccc(OC(C)(C)CNc2ncnc3ccccc23)c1. The lowest BCUT2D eigenvalue weighted by molar-refractivity contribution is 0.123. The molecule has 0 bridgehead atoms. The predicted molar refractivity (Wildman–Crippen MR) is 93.9 cm³/mol. The van der Waals surface area contributed by atoms with E-state index in [0.717, 1.165) is 22.5 Å². The van der Waals surface area contributed by atoms with Crippen LogP contribution in [0.15, 0.2) is 54.9 Å². The highest BCUT2D eigenvalue weighted by Crippen LogP contribution is 2.22. The molecule has 0 radical (unpaired) electrons. The van der Waals surface area contributed by atoms with Crippen molar-refractivity contribution in [3.8, 4) is 5.75 Å². The van der Waals surface area contributed by atoms with Crippen LogP contribution in [-0.2, 0) is 0 Å². The Hall–Kier alpha value is -2.62. The zero-order valence-electron chi connectivity index (χ0n) is 13.7. The number of fused-ring (bicyclic) bond motifs is 1. The molecule has 1 N–H and O–H groups in total. The number of nitrogens with zero attached hydrogens (tertiary/aromatic N) is 2. The molecule has 0 atom stereocenters. The Morgan fingerprint density at radius 1 is 1.04 bits per heavy atom. The van der Waals surface area contributed by atoms with Crippen molar-refractivity contribution in [1.29, 1.82) is 0 Å². The summed E-state index contributed by atoms with van der Waals surface area (Å²) in [7, 11) is 0. The molecule has 1 aromatic heterocycles. The second-order valence-electron chi connectivity index (χ2n) is 6.27. The van der Waals surface area contributed by atoms with Gasteiger partial charge in [-0.2, -0.15) is 0 Å². The Morgan fingerprint density at radius 3 is 2.70 bits per heavy atom. The first kappa shape index (κ1) is 15.3. The number of anilines is 1. The van der Waals surface area contributed by atoms with Crippen LogP contribution in [0.1, 0.15) is 19.4 Å². The molecule has 0 spiro atoms. The lowest BCUT2D eigenvalue weighted by Gasteiger charge is -2.27. The molecule has 23 heavy (non-hydrogen) atoms. The number of benzene rings is 2. The summed E-state index contributed by atoms with van der Waals surface area (Å²) in [6.07, 6.45) is 1.58. The van der Waals surface area contributed by atoms with Crippen LogP contribution in [0.3, 0.4) is 0 Å². The van der Waals surface area contributed by atoms with Gasteiger partial charge < -0.3 is 10.1 Å². The van der Waals surface area contributed by atoms with Gasteiger partial charge in [0.15, 0.2) is 0 Å². The Balaban J connectivity index is 1.73. The molecule has 4 nitrogen and oxygen atoms in total. The molecule has 0 aliphatic rings. The van der Waals surface area contributed by atoms with E-state index in [0.29, 0.717) is 6.54 Å². The summed E-state index contributed by atoms with van der Waals surface area (Å²) in [4.78, 5) is 8.63. The van der Waals surface area contributed by atoms with Gasteiger partial charge in [0.2, 0.25) is 0 Å². The summed E-state index contributed by atoms with van der Waals surface area (Å²) in [5.41, 5.74) is 1.76. The molecule has 4 heteroatoms. The van der Waals surface area contributed by atoms with Crippen LogP contribution < -0.4 is 10.1 Å². The van der Waals surface area contributed by atoms with Crippen LogP contribution in [0, 0.1) is 6.92 Å². The van der Waals surface area contributed by atoms with E-state index in [2.05, 4.69) is 42.1 Å². The van der Waals surface area contributed by atoms with E-state index in [1.165, 1.54) is 5.56 Å². The smallest absolute Gasteiger partial charge is 0.137 e. The van der Waals surface area contributed by atoms with Gasteiger partial charge in [0.25, 0.3) is 0 Å². The van der Waals surface area contributed by atoms with Crippen molar-refractivity contribution in [2.24, 2.45) is 0 Å². The molecule has 0 saturated carbocycles. The van der Waals surface area contributed by atoms with Gasteiger partial charge in [-0.3, -0.25) is 0 Å². The summed E-state index contributed by atoms with van der Waals surface area (Å²) >= 11 is 0. The van der Waals surface area contributed by atoms with E-state index in [1.54, 1.807) is 6.33 Å². The first-order valence-electron chi connectivity index (χ1n) is 7.73. The third-order valence-corrected chi connectivity index (χ3v) is 3.61. The highest BCUT2D eigenvalue weighted by Gasteiger charge is 2.20. The Kier molecular flexibility index (Phi) is 4.15. The maximum atomic E-state index is 6.11. The van der Waals surface area contributed by atoms with E-state index in [9.17, 15) is 0 Å². The van der Waals surface area contributed by atoms with Gasteiger partial charge in [-0.15, -0.1) is 0 Å². The Morgan fingerprint density at radius 2 is 1.87 bits per heavy atom. The fourth-order valence-electron chi connectivity index (χ4n) is 2.48. The number of hydrogen-bond acceptors (Lipinski definition) is 4. The number of ether oxygens (including phenoxy) is 1. The lowest BCUT2D eigenvalue weighted by atomic mass is 10.1. The van der Waals surface area contributed by atoms with Crippen LogP contribution in [0.4, 0.5) is 5.82 Å². The standard InChI is InChI=1S/C19H21N3O/c1-14-7-6-8-15(11-14)23-19(2,3)12-20-18-16-9-4-5-10-17(16)21-13-22-18/h4-11,13H,12H2,1-3H3,(H,20,21,22). The summed E-state index contributed by atoms with van der Waals surface area (Å²) in [5.74, 6) is 1.71. The summed E-state index contributed by atoms with van der Waals surface area (Å²) in [5, 5.41) is 4.40. The fourth-order valence-corrected chi connectivity index (χ4v) is 2.48. The quantitative estimate of drug-likeness (QED) is 0.767. The van der Waals surface area contributed by atoms with Crippen LogP contribution in [0.2, 0.25) is 0 Å². The molecule has 1 heterocycles. The third-order valence-electron chi connectivity index (χ3n) is 3.61. The molecule has 118 valence electrons. The van der Waals surface area contributed by atoms with Crippen molar-refractivity contribution >= 4 is 16.7 Å². The Bertz CT molecular complexity index is 809. The molecule has 0 saturated heterocycles. The largest absolute Gasteiger partial charge is 0.486 e. The van der Waals surface area contributed by atoms with Gasteiger partial charge >= 0.3 is 0 Å². The maximum absolute atomic E-state index is 6.11. The summed E-state index contributed by atoms with van der Waals surface area (Å²) < 4.78 is 6.11. The molecule has 0 aliphatic carbocycles. The van der Waals surface area contributed by atoms with Gasteiger partial charge in [0.05, 0.1) is 12.1 Å². The van der Waals surface area contributed by atoms with Crippen molar-refractivity contribution < 1.29 is 4.74 Å². The van der Waals surface area contributed by atoms with Crippen molar-refractivity contribution in [1.82, 2.24) is 9.97 Å². The fraction of sp³-hybridized carbons (Fsp3) is 0.263. The molecule has 0 amide bonds. The first-order valence-corrected chi connectivity index (χ1v) is 7.73. The number of aryl methyl sites for hydroxylation is 1. The Labute approximate surface area is 136 Å². The average Bonchev–Trinajstić information content (AvgIpc) is 2.52. The van der Waals surface area contributed by atoms with Gasteiger partial charge in [-0.1, -0.05) is 24.3 Å². The second-order valence-corrected chi connectivity index (χ2v) is 6.27. The molecule has 2 aromatic carbocycles. The van der Waals surface area contributed by atoms with Gasteiger partial charge in [0, 0.05) is 5.39 Å². The summed E-state index contributed by atoms with van der Waals surface area (Å²) in [6, 6.07) is 16.1. The minimum Gasteiger partial charge on any atom is -0.486 e. The van der Waals surface area contributed by atoms with Crippen molar-refractivity contribution in [2.75, 3.05) is 11.9 Å². The van der Waals surface area contributed by atoms with Gasteiger partial charge in [0.1, 0.15) is 23.5 Å². The monoisotopic (exact) mass is 307 g/mol. The van der Waals surface area contributed by atoms with E-state index in [1.807, 2.05) is 42.5 Å². The zero-order chi connectivity index (χ0) is 16.3. The highest BCUT2D eigenvalue weighted by molar-refractivity contribution is 5.88. The molecule has 0 aliphatic heterocycles. The van der Waals surface area contributed by atoms with Crippen LogP contribution in [0.5, 0.6) is 5.75 Å². The minimum absolute atomic E-state index is 0.361. The van der Waals surface area contributed by atoms with Crippen LogP contribution in [0.25, 0.3) is 10.9 Å². The highest BCUT2D eigenvalue weighted by atomic mass is 16.5. The topological polar surface area (TPSA) is 47.0 Å². The second kappa shape index (κ2) is 6.24. The third kappa shape index (κ3) is 3.77. The molecular formula is C19H21N3O. The van der Waals surface area contributed by atoms with Gasteiger partial charge in [-0.25, -0.2) is 9.97 Å². The number of nitrogens with one attached hydrogen (secondary N) is 1. The van der Waals surface area contributed by atoms with E-state index < -0.39 is 0 Å². The van der Waals surface area contributed by atoms with E-state index in [-0.39, 0.29) is 5.60 Å². The van der Waals surface area contributed by atoms with Gasteiger partial charge in [-0.05, 0) is 50.6 Å². The molecule has 0 fully saturated rings. The molecular weight excluding hydrogens is 286 g/mol. The average molecular weight is 307 g/mol. The van der Waals surface area contributed by atoms with Crippen molar-refractivity contribution in [3.63, 3.8) is 0 Å². The lowest BCUT2D eigenvalue weighted by Crippen LogP contribution is -2.36. The number of rotatable bonds is 5. The van der Waals surface area contributed by atoms with E-state index in [4.69, 9.17) is 4.74 Å². The molecule has 3 aromatic rings. The zero-order valence-corrected chi connectivity index (χ0v) is 13.7. The number of aromatic nitrogens is 2. The number of hydrogen-bond donors (Lipinski definition) is 1. The normalized spacial score (nSPS) is 11.4. The van der Waals surface area contributed by atoms with Crippen molar-refractivity contribution in [3.05, 3.63) is 60.4 Å². The predicted octanol–water partition coefficient (Wildman–Crippen LogP) is 4.21. The minimum atomic E-state index is -0.361. The molecule has 0 unspecified atom stereocenters. The summed E-state index contributed by atoms with van der Waals surface area (Å²) in [6.45, 7) is 6.82. The van der Waals surface area contributed by atoms with E-state index >= 15 is 0 Å². The maximum Gasteiger partial charge on any atom is 0.137 e. The number of para-hydroxylation sites is 1. The first-order chi connectivity index (χ1) is 11.0. The van der Waals surface area contributed by atoms with Crippen molar-refractivity contribution in [2.45, 2.75) is 26.4 Å². The van der Waals surface area contributed by atoms with Crippen LogP contribution in [-0.4, -0.2) is 22.1 Å². The molecule has 3 rings (SSSR count). The van der Waals surface area contributed by atoms with Crippen LogP contribution >= 0.6 is 0 Å².